The largest absolute Gasteiger partial charge is 0.364 e. The van der Waals surface area contributed by atoms with Crippen molar-refractivity contribution in [2.75, 3.05) is 0 Å². The third-order valence-electron chi connectivity index (χ3n) is 3.38. The van der Waals surface area contributed by atoms with Crippen LogP contribution in [-0.2, 0) is 13.5 Å². The molecule has 21 heavy (non-hydrogen) atoms. The van der Waals surface area contributed by atoms with Crippen molar-refractivity contribution in [3.63, 3.8) is 0 Å². The molecule has 0 aliphatic rings. The second kappa shape index (κ2) is 5.14. The minimum absolute atomic E-state index is 0.338. The third kappa shape index (κ3) is 2.23. The molecule has 0 fully saturated rings. The Morgan fingerprint density at radius 3 is 2.76 bits per heavy atom. The van der Waals surface area contributed by atoms with Crippen molar-refractivity contribution in [2.45, 2.75) is 6.42 Å². The van der Waals surface area contributed by atoms with Crippen molar-refractivity contribution in [1.82, 2.24) is 9.55 Å². The Bertz CT molecular complexity index is 832. The van der Waals surface area contributed by atoms with E-state index in [0.29, 0.717) is 16.9 Å². The first-order valence-electron chi connectivity index (χ1n) is 6.44. The molecule has 0 aliphatic heterocycles. The molecule has 6 heteroatoms. The second-order valence-electron chi connectivity index (χ2n) is 4.75. The highest BCUT2D eigenvalue weighted by Crippen LogP contribution is 2.30. The summed E-state index contributed by atoms with van der Waals surface area (Å²) >= 11 is 1.50. The van der Waals surface area contributed by atoms with E-state index in [0.717, 1.165) is 16.1 Å². The fourth-order valence-corrected chi connectivity index (χ4v) is 3.58. The molecule has 106 valence electrons. The number of rotatable bonds is 4. The van der Waals surface area contributed by atoms with Gasteiger partial charge in [0.2, 0.25) is 0 Å². The van der Waals surface area contributed by atoms with Crippen molar-refractivity contribution in [1.29, 1.82) is 5.41 Å². The standard InChI is InChI=1S/C15H14N4OS/c1-19-12(14(17)20)10(8-16)13-15(19)18-11(21-13)7-9-5-3-2-4-6-9/h2-6,8,16H,7H2,1H3,(H2,17,20). The molecule has 1 amide bonds. The molecule has 0 atom stereocenters. The molecule has 0 saturated heterocycles. The van der Waals surface area contributed by atoms with E-state index in [2.05, 4.69) is 17.1 Å². The van der Waals surface area contributed by atoms with Crippen molar-refractivity contribution >= 4 is 33.8 Å². The molecule has 0 aliphatic carbocycles. The summed E-state index contributed by atoms with van der Waals surface area (Å²) < 4.78 is 2.51. The number of nitrogens with one attached hydrogen (secondary N) is 1. The van der Waals surface area contributed by atoms with E-state index in [-0.39, 0.29) is 0 Å². The number of benzene rings is 1. The smallest absolute Gasteiger partial charge is 0.266 e. The summed E-state index contributed by atoms with van der Waals surface area (Å²) in [6.45, 7) is 0. The minimum Gasteiger partial charge on any atom is -0.364 e. The van der Waals surface area contributed by atoms with Gasteiger partial charge in [0.1, 0.15) is 10.7 Å². The average Bonchev–Trinajstić information content (AvgIpc) is 2.98. The Hall–Kier alpha value is -2.47. The first kappa shape index (κ1) is 13.5. The Labute approximate surface area is 125 Å². The van der Waals surface area contributed by atoms with Crippen molar-refractivity contribution in [2.24, 2.45) is 12.8 Å². The SMILES string of the molecule is Cn1c(C(N)=O)c(C=N)c2sc(Cc3ccccc3)nc21. The van der Waals surface area contributed by atoms with Gasteiger partial charge in [-0.05, 0) is 5.56 Å². The maximum atomic E-state index is 11.5. The van der Waals surface area contributed by atoms with Gasteiger partial charge < -0.3 is 15.7 Å². The molecule has 2 aromatic heterocycles. The van der Waals surface area contributed by atoms with Gasteiger partial charge in [-0.1, -0.05) is 30.3 Å². The van der Waals surface area contributed by atoms with Crippen LogP contribution in [0.4, 0.5) is 0 Å². The molecule has 3 aromatic rings. The molecule has 0 saturated carbocycles. The summed E-state index contributed by atoms with van der Waals surface area (Å²) in [6, 6.07) is 10.1. The molecule has 3 rings (SSSR count). The maximum absolute atomic E-state index is 11.5. The van der Waals surface area contributed by atoms with Gasteiger partial charge in [0.05, 0.1) is 4.70 Å². The Balaban J connectivity index is 2.09. The number of thiazole rings is 1. The fourth-order valence-electron chi connectivity index (χ4n) is 2.43. The number of hydrogen-bond donors (Lipinski definition) is 2. The molecule has 0 unspecified atom stereocenters. The third-order valence-corrected chi connectivity index (χ3v) is 4.46. The van der Waals surface area contributed by atoms with Crippen molar-refractivity contribution < 1.29 is 4.79 Å². The highest BCUT2D eigenvalue weighted by molar-refractivity contribution is 7.19. The van der Waals surface area contributed by atoms with Crippen LogP contribution in [0.15, 0.2) is 30.3 Å². The first-order chi connectivity index (χ1) is 10.1. The predicted molar refractivity (Wildman–Crippen MR) is 84.2 cm³/mol. The minimum atomic E-state index is -0.536. The molecule has 0 bridgehead atoms. The lowest BCUT2D eigenvalue weighted by atomic mass is 10.2. The molecule has 2 heterocycles. The number of aryl methyl sites for hydroxylation is 1. The van der Waals surface area contributed by atoms with Gasteiger partial charge in [-0.15, -0.1) is 11.3 Å². The van der Waals surface area contributed by atoms with E-state index < -0.39 is 5.91 Å². The summed E-state index contributed by atoms with van der Waals surface area (Å²) in [6.07, 6.45) is 1.91. The summed E-state index contributed by atoms with van der Waals surface area (Å²) in [5, 5.41) is 8.50. The molecular weight excluding hydrogens is 284 g/mol. The van der Waals surface area contributed by atoms with E-state index in [1.807, 2.05) is 18.2 Å². The van der Waals surface area contributed by atoms with Crippen LogP contribution in [0.2, 0.25) is 0 Å². The lowest BCUT2D eigenvalue weighted by Gasteiger charge is -2.00. The zero-order chi connectivity index (χ0) is 15.0. The second-order valence-corrected chi connectivity index (χ2v) is 5.84. The van der Waals surface area contributed by atoms with Crippen molar-refractivity contribution in [3.05, 3.63) is 52.2 Å². The molecule has 0 radical (unpaired) electrons. The highest BCUT2D eigenvalue weighted by Gasteiger charge is 2.21. The average molecular weight is 298 g/mol. The van der Waals surface area contributed by atoms with Gasteiger partial charge in [-0.3, -0.25) is 4.79 Å². The lowest BCUT2D eigenvalue weighted by molar-refractivity contribution is 0.0993. The number of carbonyl (C=O) groups is 1. The van der Waals surface area contributed by atoms with Gasteiger partial charge in [0.25, 0.3) is 5.91 Å². The van der Waals surface area contributed by atoms with E-state index in [9.17, 15) is 4.79 Å². The zero-order valence-electron chi connectivity index (χ0n) is 11.5. The Morgan fingerprint density at radius 1 is 1.43 bits per heavy atom. The van der Waals surface area contributed by atoms with Gasteiger partial charge in [0.15, 0.2) is 5.65 Å². The molecule has 5 nitrogen and oxygen atoms in total. The number of fused-ring (bicyclic) bond motifs is 1. The number of nitrogens with zero attached hydrogens (tertiary/aromatic N) is 2. The first-order valence-corrected chi connectivity index (χ1v) is 7.25. The van der Waals surface area contributed by atoms with E-state index in [1.165, 1.54) is 23.1 Å². The van der Waals surface area contributed by atoms with Crippen LogP contribution in [0, 0.1) is 5.41 Å². The summed E-state index contributed by atoms with van der Waals surface area (Å²) in [5.74, 6) is -0.536. The van der Waals surface area contributed by atoms with E-state index >= 15 is 0 Å². The van der Waals surface area contributed by atoms with E-state index in [1.54, 1.807) is 11.6 Å². The predicted octanol–water partition coefficient (Wildman–Crippen LogP) is 2.32. The van der Waals surface area contributed by atoms with E-state index in [4.69, 9.17) is 11.1 Å². The van der Waals surface area contributed by atoms with Gasteiger partial charge in [-0.25, -0.2) is 4.98 Å². The number of amides is 1. The van der Waals surface area contributed by atoms with Crippen LogP contribution < -0.4 is 5.73 Å². The summed E-state index contributed by atoms with van der Waals surface area (Å²) in [4.78, 5) is 16.1. The number of primary amides is 1. The summed E-state index contributed by atoms with van der Waals surface area (Å²) in [5.41, 5.74) is 8.17. The Kier molecular flexibility index (Phi) is 3.31. The van der Waals surface area contributed by atoms with Crippen LogP contribution in [0.3, 0.4) is 0 Å². The monoisotopic (exact) mass is 298 g/mol. The molecule has 3 N–H and O–H groups in total. The highest BCUT2D eigenvalue weighted by atomic mass is 32.1. The van der Waals surface area contributed by atoms with Crippen LogP contribution in [0.25, 0.3) is 10.3 Å². The van der Waals surface area contributed by atoms with Gasteiger partial charge in [0, 0.05) is 25.2 Å². The molecule has 1 aromatic carbocycles. The maximum Gasteiger partial charge on any atom is 0.266 e. The zero-order valence-corrected chi connectivity index (χ0v) is 12.3. The van der Waals surface area contributed by atoms with Crippen LogP contribution in [0.1, 0.15) is 26.6 Å². The number of hydrogen-bond acceptors (Lipinski definition) is 4. The van der Waals surface area contributed by atoms with Gasteiger partial charge in [-0.2, -0.15) is 0 Å². The summed E-state index contributed by atoms with van der Waals surface area (Å²) in [7, 11) is 1.75. The Morgan fingerprint density at radius 2 is 2.14 bits per heavy atom. The number of nitrogens with two attached hydrogens (primary N) is 1. The lowest BCUT2D eigenvalue weighted by Crippen LogP contribution is -2.17. The van der Waals surface area contributed by atoms with Crippen LogP contribution in [0.5, 0.6) is 0 Å². The number of carbonyl (C=O) groups excluding carboxylic acids is 1. The molecule has 0 spiro atoms. The van der Waals surface area contributed by atoms with Gasteiger partial charge >= 0.3 is 0 Å². The number of aromatic nitrogens is 2. The topological polar surface area (TPSA) is 84.8 Å². The van der Waals surface area contributed by atoms with Crippen LogP contribution in [-0.4, -0.2) is 21.7 Å². The normalized spacial score (nSPS) is 10.9. The molecular formula is C15H14N4OS. The van der Waals surface area contributed by atoms with Crippen molar-refractivity contribution in [3.8, 4) is 0 Å². The van der Waals surface area contributed by atoms with Crippen LogP contribution >= 0.6 is 11.3 Å². The quantitative estimate of drug-likeness (QED) is 0.724. The fraction of sp³-hybridized carbons (Fsp3) is 0.133.